The van der Waals surface area contributed by atoms with Gasteiger partial charge in [-0.25, -0.2) is 0 Å². The molecule has 1 aliphatic rings. The van der Waals surface area contributed by atoms with Crippen molar-refractivity contribution in [2.24, 2.45) is 0 Å². The summed E-state index contributed by atoms with van der Waals surface area (Å²) in [7, 11) is 0. The molecule has 0 bridgehead atoms. The minimum Gasteiger partial charge on any atom is -0.392 e. The summed E-state index contributed by atoms with van der Waals surface area (Å²) in [5.74, 6) is 0. The molecule has 5 nitrogen and oxygen atoms in total. The normalized spacial score (nSPS) is 25.8. The van der Waals surface area contributed by atoms with Gasteiger partial charge in [0, 0.05) is 18.8 Å². The van der Waals surface area contributed by atoms with Crippen molar-refractivity contribution < 1.29 is 5.11 Å². The zero-order valence-electron chi connectivity index (χ0n) is 9.55. The van der Waals surface area contributed by atoms with Gasteiger partial charge < -0.3 is 10.4 Å². The molecule has 90 valence electrons. The summed E-state index contributed by atoms with van der Waals surface area (Å²) < 4.78 is 1.83. The van der Waals surface area contributed by atoms with Gasteiger partial charge in [0.15, 0.2) is 0 Å². The van der Waals surface area contributed by atoms with Crippen molar-refractivity contribution in [1.29, 1.82) is 0 Å². The number of aliphatic hydroxyl groups excluding tert-OH is 1. The summed E-state index contributed by atoms with van der Waals surface area (Å²) in [6.45, 7) is 1.82. The van der Waals surface area contributed by atoms with Crippen molar-refractivity contribution in [3.8, 4) is 0 Å². The molecule has 2 rings (SSSR count). The van der Waals surface area contributed by atoms with Gasteiger partial charge in [-0.3, -0.25) is 4.68 Å². The Morgan fingerprint density at radius 2 is 2.25 bits per heavy atom. The number of nitrogens with one attached hydrogen (secondary N) is 1. The summed E-state index contributed by atoms with van der Waals surface area (Å²) in [5.41, 5.74) is 0. The van der Waals surface area contributed by atoms with E-state index in [-0.39, 0.29) is 6.10 Å². The van der Waals surface area contributed by atoms with E-state index in [0.29, 0.717) is 6.04 Å². The number of hydrogen-bond acceptors (Lipinski definition) is 4. The Hall–Kier alpha value is -0.940. The molecule has 2 N–H and O–H groups in total. The monoisotopic (exact) mass is 224 g/mol. The molecule has 1 aliphatic carbocycles. The van der Waals surface area contributed by atoms with Gasteiger partial charge in [0.2, 0.25) is 0 Å². The second-order valence-electron chi connectivity index (χ2n) is 4.43. The molecule has 1 aromatic rings. The molecule has 1 saturated carbocycles. The third kappa shape index (κ3) is 3.28. The van der Waals surface area contributed by atoms with Crippen LogP contribution in [0.3, 0.4) is 0 Å². The Morgan fingerprint density at radius 1 is 1.38 bits per heavy atom. The van der Waals surface area contributed by atoms with Crippen LogP contribution in [-0.2, 0) is 6.54 Å². The third-order valence-corrected chi connectivity index (χ3v) is 3.17. The number of rotatable bonds is 5. The molecular weight excluding hydrogens is 204 g/mol. The van der Waals surface area contributed by atoms with Crippen LogP contribution in [0, 0.1) is 0 Å². The molecule has 0 amide bonds. The average molecular weight is 224 g/mol. The van der Waals surface area contributed by atoms with Crippen LogP contribution in [0.25, 0.3) is 0 Å². The maximum atomic E-state index is 9.76. The number of hydrogen-bond donors (Lipinski definition) is 2. The highest BCUT2D eigenvalue weighted by atomic mass is 16.3. The molecule has 1 fully saturated rings. The Labute approximate surface area is 95.8 Å². The second-order valence-corrected chi connectivity index (χ2v) is 4.43. The largest absolute Gasteiger partial charge is 0.392 e. The van der Waals surface area contributed by atoms with Crippen molar-refractivity contribution >= 4 is 0 Å². The minimum absolute atomic E-state index is 0.153. The van der Waals surface area contributed by atoms with Crippen LogP contribution in [-0.4, -0.2) is 38.8 Å². The average Bonchev–Trinajstić information content (AvgIpc) is 2.79. The maximum Gasteiger partial charge on any atom is 0.0693 e. The van der Waals surface area contributed by atoms with Crippen LogP contribution in [0.2, 0.25) is 0 Å². The minimum atomic E-state index is -0.153. The van der Waals surface area contributed by atoms with Crippen LogP contribution in [0.4, 0.5) is 0 Å². The highest BCUT2D eigenvalue weighted by Gasteiger charge is 2.21. The van der Waals surface area contributed by atoms with E-state index in [1.165, 1.54) is 6.42 Å². The van der Waals surface area contributed by atoms with E-state index < -0.39 is 0 Å². The molecule has 0 saturated heterocycles. The third-order valence-electron chi connectivity index (χ3n) is 3.17. The first-order chi connectivity index (χ1) is 7.86. The molecule has 0 radical (unpaired) electrons. The van der Waals surface area contributed by atoms with E-state index in [4.69, 9.17) is 0 Å². The topological polar surface area (TPSA) is 63.0 Å². The molecule has 2 atom stereocenters. The first kappa shape index (κ1) is 11.5. The standard InChI is InChI=1S/C11H20N4O/c16-11-5-2-1-4-10(11)12-6-3-8-15-9-7-13-14-15/h7,9-12,16H,1-6,8H2/t10-,11-/m0/s1. The van der Waals surface area contributed by atoms with Crippen molar-refractivity contribution in [3.05, 3.63) is 12.4 Å². The highest BCUT2D eigenvalue weighted by molar-refractivity contribution is 4.80. The van der Waals surface area contributed by atoms with Crippen LogP contribution >= 0.6 is 0 Å². The molecule has 16 heavy (non-hydrogen) atoms. The van der Waals surface area contributed by atoms with E-state index in [1.54, 1.807) is 6.20 Å². The van der Waals surface area contributed by atoms with Crippen LogP contribution < -0.4 is 5.32 Å². The molecule has 1 heterocycles. The Balaban J connectivity index is 1.60. The van der Waals surface area contributed by atoms with Crippen molar-refractivity contribution in [2.45, 2.75) is 50.8 Å². The van der Waals surface area contributed by atoms with Crippen LogP contribution in [0.5, 0.6) is 0 Å². The van der Waals surface area contributed by atoms with Crippen molar-refractivity contribution in [2.75, 3.05) is 6.54 Å². The first-order valence-electron chi connectivity index (χ1n) is 6.12. The van der Waals surface area contributed by atoms with Crippen LogP contribution in [0.1, 0.15) is 32.1 Å². The molecule has 0 spiro atoms. The highest BCUT2D eigenvalue weighted by Crippen LogP contribution is 2.18. The molecule has 1 aromatic heterocycles. The summed E-state index contributed by atoms with van der Waals surface area (Å²) in [5, 5.41) is 20.8. The lowest BCUT2D eigenvalue weighted by molar-refractivity contribution is 0.0908. The SMILES string of the molecule is O[C@H]1CCCC[C@@H]1NCCCn1ccnn1. The molecule has 0 aliphatic heterocycles. The zero-order chi connectivity index (χ0) is 11.2. The zero-order valence-corrected chi connectivity index (χ0v) is 9.55. The molecule has 0 unspecified atom stereocenters. The predicted molar refractivity (Wildman–Crippen MR) is 60.9 cm³/mol. The van der Waals surface area contributed by atoms with E-state index >= 15 is 0 Å². The van der Waals surface area contributed by atoms with Gasteiger partial charge in [-0.1, -0.05) is 18.1 Å². The van der Waals surface area contributed by atoms with E-state index in [0.717, 1.165) is 38.8 Å². The number of nitrogens with zero attached hydrogens (tertiary/aromatic N) is 3. The lowest BCUT2D eigenvalue weighted by atomic mass is 9.92. The molecule has 0 aromatic carbocycles. The second kappa shape index (κ2) is 5.96. The fourth-order valence-corrected chi connectivity index (χ4v) is 2.23. The fraction of sp³-hybridized carbons (Fsp3) is 0.818. The van der Waals surface area contributed by atoms with Crippen LogP contribution in [0.15, 0.2) is 12.4 Å². The van der Waals surface area contributed by atoms with Gasteiger partial charge in [0.05, 0.1) is 12.3 Å². The Kier molecular flexibility index (Phi) is 4.30. The first-order valence-corrected chi connectivity index (χ1v) is 6.12. The number of aliphatic hydroxyl groups is 1. The van der Waals surface area contributed by atoms with Gasteiger partial charge >= 0.3 is 0 Å². The van der Waals surface area contributed by atoms with Gasteiger partial charge in [-0.05, 0) is 25.8 Å². The molecule has 5 heteroatoms. The summed E-state index contributed by atoms with van der Waals surface area (Å²) >= 11 is 0. The number of aryl methyl sites for hydroxylation is 1. The molecular formula is C11H20N4O. The van der Waals surface area contributed by atoms with E-state index in [9.17, 15) is 5.11 Å². The summed E-state index contributed by atoms with van der Waals surface area (Å²) in [6, 6.07) is 0.296. The van der Waals surface area contributed by atoms with Gasteiger partial charge in [0.1, 0.15) is 0 Å². The Bertz CT molecular complexity index is 288. The fourth-order valence-electron chi connectivity index (χ4n) is 2.23. The van der Waals surface area contributed by atoms with E-state index in [1.807, 2.05) is 10.9 Å². The van der Waals surface area contributed by atoms with Gasteiger partial charge in [0.25, 0.3) is 0 Å². The van der Waals surface area contributed by atoms with E-state index in [2.05, 4.69) is 15.6 Å². The maximum absolute atomic E-state index is 9.76. The lowest BCUT2D eigenvalue weighted by Gasteiger charge is -2.28. The smallest absolute Gasteiger partial charge is 0.0693 e. The van der Waals surface area contributed by atoms with Gasteiger partial charge in [-0.2, -0.15) is 0 Å². The van der Waals surface area contributed by atoms with Gasteiger partial charge in [-0.15, -0.1) is 5.10 Å². The summed E-state index contributed by atoms with van der Waals surface area (Å²) in [6.07, 6.45) is 8.88. The predicted octanol–water partition coefficient (Wildman–Crippen LogP) is 0.561. The number of aromatic nitrogens is 3. The lowest BCUT2D eigenvalue weighted by Crippen LogP contribution is -2.42. The summed E-state index contributed by atoms with van der Waals surface area (Å²) in [4.78, 5) is 0. The van der Waals surface area contributed by atoms with Crippen molar-refractivity contribution in [1.82, 2.24) is 20.3 Å². The Morgan fingerprint density at radius 3 is 3.00 bits per heavy atom. The van der Waals surface area contributed by atoms with Crippen molar-refractivity contribution in [3.63, 3.8) is 0 Å². The quantitative estimate of drug-likeness (QED) is 0.717.